The number of H-pyrrole nitrogens is 1. The lowest BCUT2D eigenvalue weighted by Gasteiger charge is -2.42. The zero-order chi connectivity index (χ0) is 31.9. The largest absolute Gasteiger partial charge is 0.361 e. The van der Waals surface area contributed by atoms with Crippen LogP contribution in [0.5, 0.6) is 0 Å². The molecule has 1 aliphatic rings. The molecule has 0 aliphatic carbocycles. The number of fused-ring (bicyclic) bond motifs is 1. The maximum atomic E-state index is 14.1. The second-order valence-corrected chi connectivity index (χ2v) is 13.1. The van der Waals surface area contributed by atoms with E-state index in [4.69, 9.17) is 23.2 Å². The number of hydrogen-bond donors (Lipinski definition) is 1. The van der Waals surface area contributed by atoms with Gasteiger partial charge in [0.2, 0.25) is 17.7 Å². The van der Waals surface area contributed by atoms with E-state index in [2.05, 4.69) is 4.98 Å². The fraction of sp³-hybridized carbons (Fsp3) is 0.353. The third-order valence-corrected chi connectivity index (χ3v) is 9.94. The Morgan fingerprint density at radius 2 is 1.89 bits per heavy atom. The summed E-state index contributed by atoms with van der Waals surface area (Å²) in [6.07, 6.45) is 4.29. The molecule has 1 aliphatic heterocycles. The molecule has 8 nitrogen and oxygen atoms in total. The molecule has 236 valence electrons. The molecular formula is C34H36Cl2N4O4S. The molecule has 0 bridgehead atoms. The summed E-state index contributed by atoms with van der Waals surface area (Å²) in [5.41, 5.74) is 2.10. The molecule has 2 aromatic heterocycles. The summed E-state index contributed by atoms with van der Waals surface area (Å²) in [6.45, 7) is 2.26. The van der Waals surface area contributed by atoms with Crippen molar-refractivity contribution in [1.82, 2.24) is 19.7 Å². The maximum absolute atomic E-state index is 14.1. The number of para-hydroxylation sites is 1. The van der Waals surface area contributed by atoms with E-state index in [1.807, 2.05) is 67.0 Å². The summed E-state index contributed by atoms with van der Waals surface area (Å²) in [4.78, 5) is 62.6. The molecule has 3 heterocycles. The molecule has 45 heavy (non-hydrogen) atoms. The average molecular weight is 668 g/mol. The molecule has 0 saturated carbocycles. The number of halogens is 2. The van der Waals surface area contributed by atoms with Gasteiger partial charge in [0, 0.05) is 46.5 Å². The number of rotatable bonds is 14. The number of aldehydes is 1. The van der Waals surface area contributed by atoms with Crippen LogP contribution in [0.25, 0.3) is 10.9 Å². The first kappa shape index (κ1) is 32.7. The smallest absolute Gasteiger partial charge is 0.247 e. The number of piperazine rings is 1. The molecule has 1 saturated heterocycles. The first-order chi connectivity index (χ1) is 21.8. The first-order valence-electron chi connectivity index (χ1n) is 15.1. The molecule has 0 spiro atoms. The van der Waals surface area contributed by atoms with Crippen LogP contribution in [0.2, 0.25) is 5.02 Å². The van der Waals surface area contributed by atoms with Gasteiger partial charge in [0.25, 0.3) is 0 Å². The minimum absolute atomic E-state index is 0.175. The lowest BCUT2D eigenvalue weighted by Crippen LogP contribution is -2.63. The molecule has 3 amide bonds. The number of nitrogens with zero attached hydrogens (tertiary/aromatic N) is 3. The maximum Gasteiger partial charge on any atom is 0.247 e. The summed E-state index contributed by atoms with van der Waals surface area (Å²) in [6, 6.07) is 17.3. The van der Waals surface area contributed by atoms with Crippen molar-refractivity contribution >= 4 is 69.4 Å². The Labute approximate surface area is 276 Å². The first-order valence-corrected chi connectivity index (χ1v) is 16.8. The molecular weight excluding hydrogens is 631 g/mol. The monoisotopic (exact) mass is 666 g/mol. The number of hydrogen-bond acceptors (Lipinski definition) is 5. The van der Waals surface area contributed by atoms with Gasteiger partial charge in [-0.2, -0.15) is 0 Å². The van der Waals surface area contributed by atoms with Crippen LogP contribution in [0, 0.1) is 0 Å². The van der Waals surface area contributed by atoms with Gasteiger partial charge in [-0.15, -0.1) is 11.3 Å². The number of alkyl halides is 1. The van der Waals surface area contributed by atoms with E-state index in [9.17, 15) is 19.2 Å². The second kappa shape index (κ2) is 15.1. The fourth-order valence-corrected chi connectivity index (χ4v) is 7.03. The Morgan fingerprint density at radius 1 is 1.11 bits per heavy atom. The summed E-state index contributed by atoms with van der Waals surface area (Å²) in [5.74, 6) is -0.996. The molecule has 4 aromatic rings. The van der Waals surface area contributed by atoms with Crippen molar-refractivity contribution < 1.29 is 19.2 Å². The Morgan fingerprint density at radius 3 is 2.60 bits per heavy atom. The summed E-state index contributed by atoms with van der Waals surface area (Å²) < 4.78 is 0. The number of carbonyl (C=O) groups is 4. The van der Waals surface area contributed by atoms with Crippen molar-refractivity contribution in [2.75, 3.05) is 19.6 Å². The van der Waals surface area contributed by atoms with E-state index in [1.165, 1.54) is 9.80 Å². The van der Waals surface area contributed by atoms with Crippen LogP contribution in [0.15, 0.2) is 72.2 Å². The minimum Gasteiger partial charge on any atom is -0.361 e. The van der Waals surface area contributed by atoms with E-state index >= 15 is 0 Å². The quantitative estimate of drug-likeness (QED) is 0.106. The van der Waals surface area contributed by atoms with Crippen LogP contribution in [0.4, 0.5) is 0 Å². The van der Waals surface area contributed by atoms with Crippen molar-refractivity contribution in [3.63, 3.8) is 0 Å². The second-order valence-electron chi connectivity index (χ2n) is 11.2. The number of carbonyl (C=O) groups excluding carboxylic acids is 4. The third-order valence-electron chi connectivity index (χ3n) is 8.37. The summed E-state index contributed by atoms with van der Waals surface area (Å²) >= 11 is 14.4. The van der Waals surface area contributed by atoms with Crippen LogP contribution in [-0.4, -0.2) is 80.9 Å². The molecule has 3 atom stereocenters. The summed E-state index contributed by atoms with van der Waals surface area (Å²) in [7, 11) is 0. The van der Waals surface area contributed by atoms with Crippen molar-refractivity contribution in [3.8, 4) is 0 Å². The predicted octanol–water partition coefficient (Wildman–Crippen LogP) is 5.71. The summed E-state index contributed by atoms with van der Waals surface area (Å²) in [5, 5.41) is 3.61. The van der Waals surface area contributed by atoms with Gasteiger partial charge < -0.3 is 24.5 Å². The van der Waals surface area contributed by atoms with Crippen LogP contribution in [-0.2, 0) is 38.4 Å². The van der Waals surface area contributed by atoms with Crippen LogP contribution in [0.1, 0.15) is 35.8 Å². The van der Waals surface area contributed by atoms with Crippen molar-refractivity contribution in [3.05, 3.63) is 93.3 Å². The highest BCUT2D eigenvalue weighted by atomic mass is 35.5. The topological polar surface area (TPSA) is 93.8 Å². The molecule has 0 radical (unpaired) electrons. The number of benzene rings is 2. The van der Waals surface area contributed by atoms with E-state index < -0.39 is 17.6 Å². The number of amides is 3. The number of thiophene rings is 1. The van der Waals surface area contributed by atoms with Crippen molar-refractivity contribution in [2.24, 2.45) is 0 Å². The van der Waals surface area contributed by atoms with Crippen LogP contribution in [0.3, 0.4) is 0 Å². The number of aromatic amines is 1. The van der Waals surface area contributed by atoms with Gasteiger partial charge in [-0.1, -0.05) is 66.5 Å². The molecule has 1 fully saturated rings. The standard InChI is InChI=1S/C34H36Cl2N4O4S/c1-2-26(22-41)38(15-13-24-20-37-29-8-4-3-7-28(24)29)32(42)19-30-34(44)40(31(36)18-23-9-11-25(35)12-10-23)21-33(43)39(30)16-14-27-6-5-17-45-27/h3-12,17,20,22,26,30-31,37H,2,13-16,18-19,21H2,1H3. The highest BCUT2D eigenvalue weighted by Crippen LogP contribution is 2.25. The highest BCUT2D eigenvalue weighted by Gasteiger charge is 2.43. The lowest BCUT2D eigenvalue weighted by atomic mass is 10.0. The van der Waals surface area contributed by atoms with Gasteiger partial charge >= 0.3 is 0 Å². The van der Waals surface area contributed by atoms with Gasteiger partial charge in [0.1, 0.15) is 24.4 Å². The predicted molar refractivity (Wildman–Crippen MR) is 179 cm³/mol. The van der Waals surface area contributed by atoms with Crippen molar-refractivity contribution in [1.29, 1.82) is 0 Å². The zero-order valence-electron chi connectivity index (χ0n) is 25.0. The number of aromatic nitrogens is 1. The Hall–Kier alpha value is -3.66. The molecule has 2 aromatic carbocycles. The van der Waals surface area contributed by atoms with Gasteiger partial charge in [0.05, 0.1) is 12.5 Å². The fourth-order valence-electron chi connectivity index (χ4n) is 5.87. The SMILES string of the molecule is CCC(C=O)N(CCc1c[nH]c2ccccc12)C(=O)CC1C(=O)N(C(Cl)Cc2ccc(Cl)cc2)CC(=O)N1CCc1cccs1. The lowest BCUT2D eigenvalue weighted by molar-refractivity contribution is -0.159. The zero-order valence-corrected chi connectivity index (χ0v) is 27.4. The molecule has 1 N–H and O–H groups in total. The van der Waals surface area contributed by atoms with Gasteiger partial charge in [-0.05, 0) is 60.0 Å². The molecule has 11 heteroatoms. The Kier molecular flexibility index (Phi) is 11.0. The van der Waals surface area contributed by atoms with E-state index in [0.29, 0.717) is 43.8 Å². The molecule has 3 unspecified atom stereocenters. The third kappa shape index (κ3) is 7.77. The van der Waals surface area contributed by atoms with Gasteiger partial charge in [0.15, 0.2) is 0 Å². The molecule has 5 rings (SSSR count). The highest BCUT2D eigenvalue weighted by molar-refractivity contribution is 7.09. The minimum atomic E-state index is -1.04. The van der Waals surface area contributed by atoms with Gasteiger partial charge in [-0.25, -0.2) is 0 Å². The van der Waals surface area contributed by atoms with Gasteiger partial charge in [-0.3, -0.25) is 14.4 Å². The van der Waals surface area contributed by atoms with E-state index in [-0.39, 0.29) is 30.7 Å². The van der Waals surface area contributed by atoms with Crippen LogP contribution < -0.4 is 0 Å². The van der Waals surface area contributed by atoms with E-state index in [1.54, 1.807) is 28.4 Å². The Balaban J connectivity index is 1.37. The van der Waals surface area contributed by atoms with Crippen LogP contribution >= 0.6 is 34.5 Å². The average Bonchev–Trinajstić information content (AvgIpc) is 3.72. The van der Waals surface area contributed by atoms with E-state index in [0.717, 1.165) is 33.2 Å². The van der Waals surface area contributed by atoms with Crippen molar-refractivity contribution in [2.45, 2.75) is 56.6 Å². The number of nitrogens with one attached hydrogen (secondary N) is 1. The normalized spacial score (nSPS) is 16.6. The Bertz CT molecular complexity index is 1620.